The molecule has 22 heavy (non-hydrogen) atoms. The van der Waals surface area contributed by atoms with Gasteiger partial charge in [0.15, 0.2) is 0 Å². The molecule has 0 spiro atoms. The molecular formula is C20H24O2. The number of carbonyl (C=O) groups is 1. The number of para-hydroxylation sites is 1. The van der Waals surface area contributed by atoms with Gasteiger partial charge < -0.3 is 4.74 Å². The molecule has 0 saturated carbocycles. The number of rotatable bonds is 4. The van der Waals surface area contributed by atoms with Gasteiger partial charge in [0, 0.05) is 0 Å². The average molecular weight is 296 g/mol. The lowest BCUT2D eigenvalue weighted by atomic mass is 9.84. The molecule has 2 aromatic carbocycles. The van der Waals surface area contributed by atoms with Crippen molar-refractivity contribution in [3.05, 3.63) is 65.2 Å². The minimum absolute atomic E-state index is 0.0987. The topological polar surface area (TPSA) is 26.3 Å². The quantitative estimate of drug-likeness (QED) is 0.575. The van der Waals surface area contributed by atoms with E-state index in [1.54, 1.807) is 0 Å². The van der Waals surface area contributed by atoms with Crippen molar-refractivity contribution in [1.82, 2.24) is 0 Å². The molecule has 0 aromatic heterocycles. The molecule has 116 valence electrons. The van der Waals surface area contributed by atoms with Crippen molar-refractivity contribution < 1.29 is 9.53 Å². The van der Waals surface area contributed by atoms with E-state index in [-0.39, 0.29) is 11.4 Å². The van der Waals surface area contributed by atoms with E-state index in [4.69, 9.17) is 4.74 Å². The molecule has 0 N–H and O–H groups in total. The van der Waals surface area contributed by atoms with Gasteiger partial charge in [-0.2, -0.15) is 0 Å². The Hall–Kier alpha value is -2.09. The Morgan fingerprint density at radius 3 is 2.32 bits per heavy atom. The fourth-order valence-electron chi connectivity index (χ4n) is 2.55. The van der Waals surface area contributed by atoms with E-state index in [2.05, 4.69) is 27.7 Å². The lowest BCUT2D eigenvalue weighted by Crippen LogP contribution is -2.19. The number of esters is 1. The van der Waals surface area contributed by atoms with Gasteiger partial charge in [-0.15, -0.1) is 0 Å². The molecule has 0 aliphatic carbocycles. The summed E-state index contributed by atoms with van der Waals surface area (Å²) >= 11 is 0. The number of hydrogen-bond donors (Lipinski definition) is 0. The third kappa shape index (κ3) is 3.76. The average Bonchev–Trinajstić information content (AvgIpc) is 2.48. The minimum atomic E-state index is -0.283. The van der Waals surface area contributed by atoms with Crippen molar-refractivity contribution in [3.63, 3.8) is 0 Å². The highest BCUT2D eigenvalue weighted by atomic mass is 16.5. The van der Waals surface area contributed by atoms with Crippen LogP contribution in [0, 0.1) is 0 Å². The summed E-state index contributed by atoms with van der Waals surface area (Å²) in [5.74, 6) is 0.382. The molecule has 2 aromatic rings. The standard InChI is InChI=1S/C20H24O2/c1-5-10-15-11-6-9-14-18(15)22-19(21)16-12-7-8-13-17(16)20(2,3)4/h6-9,11-14H,5,10H2,1-4H3. The van der Waals surface area contributed by atoms with Gasteiger partial charge >= 0.3 is 5.97 Å². The molecule has 0 aliphatic heterocycles. The second kappa shape index (κ2) is 6.78. The van der Waals surface area contributed by atoms with Crippen LogP contribution >= 0.6 is 0 Å². The summed E-state index contributed by atoms with van der Waals surface area (Å²) in [7, 11) is 0. The zero-order valence-corrected chi connectivity index (χ0v) is 13.8. The van der Waals surface area contributed by atoms with Gasteiger partial charge in [-0.05, 0) is 35.1 Å². The van der Waals surface area contributed by atoms with Gasteiger partial charge in [0.1, 0.15) is 5.75 Å². The first-order valence-electron chi connectivity index (χ1n) is 7.83. The molecule has 0 unspecified atom stereocenters. The van der Waals surface area contributed by atoms with Crippen molar-refractivity contribution in [1.29, 1.82) is 0 Å². The number of ether oxygens (including phenoxy) is 1. The van der Waals surface area contributed by atoms with Crippen LogP contribution in [0.3, 0.4) is 0 Å². The summed E-state index contributed by atoms with van der Waals surface area (Å²) in [4.78, 5) is 12.6. The molecule has 2 rings (SSSR count). The second-order valence-electron chi connectivity index (χ2n) is 6.54. The molecule has 0 amide bonds. The largest absolute Gasteiger partial charge is 0.423 e. The Morgan fingerprint density at radius 2 is 1.64 bits per heavy atom. The lowest BCUT2D eigenvalue weighted by Gasteiger charge is -2.22. The molecule has 2 nitrogen and oxygen atoms in total. The molecule has 2 heteroatoms. The summed E-state index contributed by atoms with van der Waals surface area (Å²) < 4.78 is 5.68. The SMILES string of the molecule is CCCc1ccccc1OC(=O)c1ccccc1C(C)(C)C. The van der Waals surface area contributed by atoms with E-state index < -0.39 is 0 Å². The highest BCUT2D eigenvalue weighted by molar-refractivity contribution is 5.93. The van der Waals surface area contributed by atoms with Crippen LogP contribution in [-0.2, 0) is 11.8 Å². The Morgan fingerprint density at radius 1 is 1.00 bits per heavy atom. The molecule has 0 aliphatic rings. The number of aryl methyl sites for hydroxylation is 1. The van der Waals surface area contributed by atoms with Crippen LogP contribution in [0.5, 0.6) is 5.75 Å². The Bertz CT molecular complexity index is 651. The van der Waals surface area contributed by atoms with E-state index in [0.29, 0.717) is 11.3 Å². The van der Waals surface area contributed by atoms with E-state index in [9.17, 15) is 4.79 Å². The third-order valence-corrected chi connectivity index (χ3v) is 3.65. The zero-order chi connectivity index (χ0) is 16.2. The van der Waals surface area contributed by atoms with Crippen molar-refractivity contribution in [2.75, 3.05) is 0 Å². The Labute approximate surface area is 133 Å². The first-order chi connectivity index (χ1) is 10.4. The van der Waals surface area contributed by atoms with E-state index in [1.165, 1.54) is 0 Å². The van der Waals surface area contributed by atoms with Crippen molar-refractivity contribution in [3.8, 4) is 5.75 Å². The summed E-state index contributed by atoms with van der Waals surface area (Å²) in [6.45, 7) is 8.42. The first kappa shape index (κ1) is 16.3. The van der Waals surface area contributed by atoms with Gasteiger partial charge in [-0.25, -0.2) is 4.79 Å². The Kier molecular flexibility index (Phi) is 5.02. The highest BCUT2D eigenvalue weighted by Crippen LogP contribution is 2.27. The van der Waals surface area contributed by atoms with E-state index >= 15 is 0 Å². The summed E-state index contributed by atoms with van der Waals surface area (Å²) in [5, 5.41) is 0. The number of benzene rings is 2. The van der Waals surface area contributed by atoms with Crippen molar-refractivity contribution in [2.24, 2.45) is 0 Å². The van der Waals surface area contributed by atoms with Crippen LogP contribution in [-0.4, -0.2) is 5.97 Å². The summed E-state index contributed by atoms with van der Waals surface area (Å²) in [6.07, 6.45) is 1.93. The molecule has 0 fully saturated rings. The molecule has 0 radical (unpaired) electrons. The van der Waals surface area contributed by atoms with Crippen LogP contribution in [0.15, 0.2) is 48.5 Å². The summed E-state index contributed by atoms with van der Waals surface area (Å²) in [5.41, 5.74) is 2.62. The first-order valence-corrected chi connectivity index (χ1v) is 7.83. The highest BCUT2D eigenvalue weighted by Gasteiger charge is 2.22. The number of hydrogen-bond acceptors (Lipinski definition) is 2. The number of carbonyl (C=O) groups excluding carboxylic acids is 1. The maximum absolute atomic E-state index is 12.6. The van der Waals surface area contributed by atoms with E-state index in [0.717, 1.165) is 24.0 Å². The van der Waals surface area contributed by atoms with Gasteiger partial charge in [-0.3, -0.25) is 0 Å². The fourth-order valence-corrected chi connectivity index (χ4v) is 2.55. The molecule has 0 atom stereocenters. The van der Waals surface area contributed by atoms with Crippen molar-refractivity contribution >= 4 is 5.97 Å². The summed E-state index contributed by atoms with van der Waals surface area (Å²) in [6, 6.07) is 15.4. The van der Waals surface area contributed by atoms with Crippen LogP contribution < -0.4 is 4.74 Å². The van der Waals surface area contributed by atoms with Gasteiger partial charge in [0.2, 0.25) is 0 Å². The van der Waals surface area contributed by atoms with Gasteiger partial charge in [0.25, 0.3) is 0 Å². The predicted octanol–water partition coefficient (Wildman–Crippen LogP) is 5.16. The normalized spacial score (nSPS) is 11.3. The molecule has 0 heterocycles. The fraction of sp³-hybridized carbons (Fsp3) is 0.350. The van der Waals surface area contributed by atoms with Crippen LogP contribution in [0.2, 0.25) is 0 Å². The van der Waals surface area contributed by atoms with Crippen LogP contribution in [0.1, 0.15) is 55.6 Å². The lowest BCUT2D eigenvalue weighted by molar-refractivity contribution is 0.0730. The van der Waals surface area contributed by atoms with E-state index in [1.807, 2.05) is 48.5 Å². The Balaban J connectivity index is 2.31. The van der Waals surface area contributed by atoms with Gasteiger partial charge in [0.05, 0.1) is 5.56 Å². The zero-order valence-electron chi connectivity index (χ0n) is 13.8. The predicted molar refractivity (Wildman–Crippen MR) is 90.5 cm³/mol. The van der Waals surface area contributed by atoms with Crippen LogP contribution in [0.25, 0.3) is 0 Å². The minimum Gasteiger partial charge on any atom is -0.423 e. The van der Waals surface area contributed by atoms with Gasteiger partial charge in [-0.1, -0.05) is 70.5 Å². The second-order valence-corrected chi connectivity index (χ2v) is 6.54. The molecule has 0 saturated heterocycles. The van der Waals surface area contributed by atoms with Crippen LogP contribution in [0.4, 0.5) is 0 Å². The smallest absolute Gasteiger partial charge is 0.343 e. The molecular weight excluding hydrogens is 272 g/mol. The monoisotopic (exact) mass is 296 g/mol. The molecule has 0 bridgehead atoms. The maximum atomic E-state index is 12.6. The van der Waals surface area contributed by atoms with Crippen molar-refractivity contribution in [2.45, 2.75) is 46.0 Å². The third-order valence-electron chi connectivity index (χ3n) is 3.65. The maximum Gasteiger partial charge on any atom is 0.343 e.